The van der Waals surface area contributed by atoms with E-state index < -0.39 is 18.4 Å². The van der Waals surface area contributed by atoms with E-state index in [0.717, 1.165) is 11.8 Å². The molecule has 2 aliphatic heterocycles. The molecule has 8 nitrogen and oxygen atoms in total. The summed E-state index contributed by atoms with van der Waals surface area (Å²) in [5.74, 6) is -2.02. The van der Waals surface area contributed by atoms with Crippen molar-refractivity contribution in [2.75, 3.05) is 18.0 Å². The Bertz CT molecular complexity index is 1090. The van der Waals surface area contributed by atoms with Crippen LogP contribution in [0, 0.1) is 0 Å². The number of thiazole rings is 1. The van der Waals surface area contributed by atoms with Crippen molar-refractivity contribution in [1.29, 1.82) is 0 Å². The molecule has 0 spiro atoms. The van der Waals surface area contributed by atoms with E-state index in [1.165, 1.54) is 21.1 Å². The van der Waals surface area contributed by atoms with E-state index in [4.69, 9.17) is 0 Å². The van der Waals surface area contributed by atoms with E-state index in [1.807, 2.05) is 0 Å². The minimum atomic E-state index is -1.14. The van der Waals surface area contributed by atoms with Crippen molar-refractivity contribution in [2.45, 2.75) is 0 Å². The second kappa shape index (κ2) is 7.64. The van der Waals surface area contributed by atoms with Gasteiger partial charge < -0.3 is 5.11 Å². The highest BCUT2D eigenvalue weighted by Gasteiger charge is 2.42. The van der Waals surface area contributed by atoms with E-state index in [9.17, 15) is 19.5 Å². The Kier molecular flexibility index (Phi) is 5.03. The van der Waals surface area contributed by atoms with Crippen LogP contribution in [0.5, 0.6) is 0 Å². The number of fused-ring (bicyclic) bond motifs is 1. The summed E-state index contributed by atoms with van der Waals surface area (Å²) in [7, 11) is 0. The molecule has 0 aliphatic carbocycles. The number of thioether (sulfide) groups is 1. The minimum absolute atomic E-state index is 0.190. The summed E-state index contributed by atoms with van der Waals surface area (Å²) in [6, 6.07) is 6.84. The average molecular weight is 426 g/mol. The smallest absolute Gasteiger partial charge is 0.323 e. The Hall–Kier alpha value is -3.24. The van der Waals surface area contributed by atoms with Gasteiger partial charge in [0.1, 0.15) is 6.54 Å². The summed E-state index contributed by atoms with van der Waals surface area (Å²) in [5, 5.41) is 11.9. The number of carboxylic acid groups (broad SMARTS) is 1. The zero-order chi connectivity index (χ0) is 20.5. The predicted octanol–water partition coefficient (Wildman–Crippen LogP) is 2.73. The van der Waals surface area contributed by atoms with Gasteiger partial charge in [-0.15, -0.1) is 17.9 Å². The number of rotatable bonds is 5. The van der Waals surface area contributed by atoms with Crippen LogP contribution in [0.3, 0.4) is 0 Å². The van der Waals surface area contributed by atoms with Gasteiger partial charge in [-0.05, 0) is 17.8 Å². The van der Waals surface area contributed by atoms with Crippen molar-refractivity contribution < 1.29 is 19.5 Å². The zero-order valence-corrected chi connectivity index (χ0v) is 16.6. The van der Waals surface area contributed by atoms with E-state index in [1.54, 1.807) is 41.9 Å². The van der Waals surface area contributed by atoms with Crippen molar-refractivity contribution >= 4 is 62.4 Å². The summed E-state index contributed by atoms with van der Waals surface area (Å²) in [5.41, 5.74) is 1.19. The Labute approximate surface area is 173 Å². The molecule has 1 aromatic carbocycles. The first-order valence-electron chi connectivity index (χ1n) is 8.47. The molecule has 0 radical (unpaired) electrons. The molecular weight excluding hydrogens is 412 g/mol. The quantitative estimate of drug-likeness (QED) is 0.583. The highest BCUT2D eigenvalue weighted by Crippen LogP contribution is 2.44. The number of aliphatic carboxylic acids is 1. The number of amides is 2. The molecule has 146 valence electrons. The number of carboxylic acids is 1. The van der Waals surface area contributed by atoms with Gasteiger partial charge in [0.2, 0.25) is 5.13 Å². The molecule has 1 N–H and O–H groups in total. The van der Waals surface area contributed by atoms with Crippen LogP contribution in [0.2, 0.25) is 0 Å². The van der Waals surface area contributed by atoms with E-state index in [0.29, 0.717) is 21.6 Å². The third-order valence-electron chi connectivity index (χ3n) is 4.23. The van der Waals surface area contributed by atoms with Crippen molar-refractivity contribution in [3.05, 3.63) is 59.0 Å². The van der Waals surface area contributed by atoms with Gasteiger partial charge in [0.15, 0.2) is 5.17 Å². The molecule has 1 aromatic heterocycles. The SMILES string of the molecule is C=CCN1C(=O)C(=C2C(=O)N(CC(=O)O)c3ccccc32)SC1=Nc1nccs1. The van der Waals surface area contributed by atoms with Crippen LogP contribution in [0.15, 0.2) is 58.4 Å². The Balaban J connectivity index is 1.84. The number of hydrogen-bond acceptors (Lipinski definition) is 7. The van der Waals surface area contributed by atoms with Crippen molar-refractivity contribution in [3.8, 4) is 0 Å². The topological polar surface area (TPSA) is 103 Å². The number of anilines is 1. The lowest BCUT2D eigenvalue weighted by molar-refractivity contribution is -0.136. The van der Waals surface area contributed by atoms with Crippen molar-refractivity contribution in [3.63, 3.8) is 0 Å². The molecular formula is C19H14N4O4S2. The third-order valence-corrected chi connectivity index (χ3v) is 5.97. The standard InChI is InChI=1S/C19H14N4O4S2/c1-2-8-22-17(27)15(29-19(22)21-18-20-7-9-28-18)14-11-5-3-4-6-12(11)23(16(14)26)10-13(24)25/h2-7,9H,1,8,10H2,(H,24,25). The molecule has 0 unspecified atom stereocenters. The number of carbonyl (C=O) groups excluding carboxylic acids is 2. The van der Waals surface area contributed by atoms with Gasteiger partial charge in [0.05, 0.1) is 16.2 Å². The number of aromatic nitrogens is 1. The third kappa shape index (κ3) is 3.36. The summed E-state index contributed by atoms with van der Waals surface area (Å²) in [4.78, 5) is 48.8. The van der Waals surface area contributed by atoms with Crippen LogP contribution < -0.4 is 4.90 Å². The fourth-order valence-corrected chi connectivity index (χ4v) is 4.72. The zero-order valence-electron chi connectivity index (χ0n) is 14.9. The van der Waals surface area contributed by atoms with E-state index >= 15 is 0 Å². The van der Waals surface area contributed by atoms with Gasteiger partial charge in [-0.2, -0.15) is 4.99 Å². The second-order valence-electron chi connectivity index (χ2n) is 6.02. The fraction of sp³-hybridized carbons (Fsp3) is 0.105. The Morgan fingerprint density at radius 1 is 1.24 bits per heavy atom. The maximum Gasteiger partial charge on any atom is 0.323 e. The fourth-order valence-electron chi connectivity index (χ4n) is 3.08. The van der Waals surface area contributed by atoms with Gasteiger partial charge in [0, 0.05) is 23.7 Å². The Morgan fingerprint density at radius 3 is 2.72 bits per heavy atom. The molecule has 1 fully saturated rings. The summed E-state index contributed by atoms with van der Waals surface area (Å²) in [6.45, 7) is 3.42. The minimum Gasteiger partial charge on any atom is -0.480 e. The normalized spacial score (nSPS) is 19.9. The number of hydrogen-bond donors (Lipinski definition) is 1. The van der Waals surface area contributed by atoms with Crippen LogP contribution in [0.1, 0.15) is 5.56 Å². The number of carbonyl (C=O) groups is 3. The predicted molar refractivity (Wildman–Crippen MR) is 112 cm³/mol. The molecule has 0 saturated carbocycles. The monoisotopic (exact) mass is 426 g/mol. The lowest BCUT2D eigenvalue weighted by atomic mass is 10.1. The van der Waals surface area contributed by atoms with Gasteiger partial charge in [-0.25, -0.2) is 4.98 Å². The molecule has 0 atom stereocenters. The first-order valence-corrected chi connectivity index (χ1v) is 10.2. The lowest BCUT2D eigenvalue weighted by Crippen LogP contribution is -2.33. The number of amidine groups is 1. The summed E-state index contributed by atoms with van der Waals surface area (Å²) < 4.78 is 0. The van der Waals surface area contributed by atoms with Crippen LogP contribution in [-0.4, -0.2) is 51.0 Å². The number of para-hydroxylation sites is 1. The molecule has 1 saturated heterocycles. The van der Waals surface area contributed by atoms with Crippen LogP contribution in [0.25, 0.3) is 5.57 Å². The van der Waals surface area contributed by atoms with Crippen molar-refractivity contribution in [2.24, 2.45) is 4.99 Å². The Morgan fingerprint density at radius 2 is 2.03 bits per heavy atom. The van der Waals surface area contributed by atoms with E-state index in [2.05, 4.69) is 16.6 Å². The van der Waals surface area contributed by atoms with Crippen LogP contribution >= 0.6 is 23.1 Å². The highest BCUT2D eigenvalue weighted by molar-refractivity contribution is 8.18. The van der Waals surface area contributed by atoms with E-state index in [-0.39, 0.29) is 22.9 Å². The number of benzene rings is 1. The molecule has 0 bridgehead atoms. The van der Waals surface area contributed by atoms with Gasteiger partial charge >= 0.3 is 5.97 Å². The first-order chi connectivity index (χ1) is 14.0. The second-order valence-corrected chi connectivity index (χ2v) is 7.87. The number of nitrogens with zero attached hydrogens (tertiary/aromatic N) is 4. The maximum atomic E-state index is 13.1. The van der Waals surface area contributed by atoms with Gasteiger partial charge in [-0.1, -0.05) is 24.3 Å². The first kappa shape index (κ1) is 19.1. The summed E-state index contributed by atoms with van der Waals surface area (Å²) >= 11 is 2.41. The largest absolute Gasteiger partial charge is 0.480 e. The molecule has 10 heteroatoms. The average Bonchev–Trinajstić information content (AvgIpc) is 3.37. The molecule has 2 amide bonds. The molecule has 2 aliphatic rings. The highest BCUT2D eigenvalue weighted by atomic mass is 32.2. The lowest BCUT2D eigenvalue weighted by Gasteiger charge is -2.13. The molecule has 4 rings (SSSR count). The molecule has 2 aromatic rings. The van der Waals surface area contributed by atoms with Gasteiger partial charge in [-0.3, -0.25) is 24.2 Å². The maximum absolute atomic E-state index is 13.1. The molecule has 29 heavy (non-hydrogen) atoms. The summed E-state index contributed by atoms with van der Waals surface area (Å²) in [6.07, 6.45) is 3.19. The van der Waals surface area contributed by atoms with Crippen LogP contribution in [-0.2, 0) is 14.4 Å². The van der Waals surface area contributed by atoms with Crippen molar-refractivity contribution in [1.82, 2.24) is 9.88 Å². The van der Waals surface area contributed by atoms with Gasteiger partial charge in [0.25, 0.3) is 11.8 Å². The number of aliphatic imine (C=N–C) groups is 1. The molecule has 3 heterocycles. The van der Waals surface area contributed by atoms with Crippen LogP contribution in [0.4, 0.5) is 10.8 Å².